The van der Waals surface area contributed by atoms with Gasteiger partial charge in [-0.3, -0.25) is 9.80 Å². The van der Waals surface area contributed by atoms with Crippen LogP contribution in [0.4, 0.5) is 5.69 Å². The number of anilines is 1. The van der Waals surface area contributed by atoms with Crippen molar-refractivity contribution in [2.24, 2.45) is 5.92 Å². The molecular formula is C21H28N4O2. The number of benzene rings is 1. The molecule has 3 heterocycles. The van der Waals surface area contributed by atoms with Gasteiger partial charge in [-0.25, -0.2) is 5.43 Å². The van der Waals surface area contributed by atoms with E-state index in [1.54, 1.807) is 5.01 Å². The Bertz CT molecular complexity index is 771. The molecule has 5 rings (SSSR count). The zero-order chi connectivity index (χ0) is 18.4. The van der Waals surface area contributed by atoms with Crippen molar-refractivity contribution in [1.82, 2.24) is 15.8 Å². The van der Waals surface area contributed by atoms with Gasteiger partial charge in [0.25, 0.3) is 0 Å². The Balaban J connectivity index is 1.36. The van der Waals surface area contributed by atoms with Crippen LogP contribution in [0, 0.1) is 5.92 Å². The number of rotatable bonds is 3. The summed E-state index contributed by atoms with van der Waals surface area (Å²) < 4.78 is 5.41. The molecule has 4 aliphatic rings. The minimum Gasteiger partial charge on any atom is -0.384 e. The topological polar surface area (TPSA) is 65.6 Å². The molecule has 3 atom stereocenters. The zero-order valence-electron chi connectivity index (χ0n) is 15.8. The van der Waals surface area contributed by atoms with E-state index in [4.69, 9.17) is 4.74 Å². The monoisotopic (exact) mass is 368 g/mol. The predicted octanol–water partition coefficient (Wildman–Crippen LogP) is 1.71. The summed E-state index contributed by atoms with van der Waals surface area (Å²) in [7, 11) is 1.85. The van der Waals surface area contributed by atoms with E-state index in [0.717, 1.165) is 39.0 Å². The van der Waals surface area contributed by atoms with Crippen molar-refractivity contribution in [3.63, 3.8) is 0 Å². The average Bonchev–Trinajstić information content (AvgIpc) is 3.12. The molecule has 3 aliphatic heterocycles. The highest BCUT2D eigenvalue weighted by Gasteiger charge is 2.38. The molecule has 0 radical (unpaired) electrons. The molecule has 27 heavy (non-hydrogen) atoms. The number of hydrogen-bond acceptors (Lipinski definition) is 5. The van der Waals surface area contributed by atoms with E-state index in [0.29, 0.717) is 24.5 Å². The number of ether oxygens (including phenoxy) is 1. The van der Waals surface area contributed by atoms with Crippen LogP contribution in [0.2, 0.25) is 0 Å². The largest absolute Gasteiger partial charge is 0.384 e. The van der Waals surface area contributed by atoms with Gasteiger partial charge in [0.2, 0.25) is 5.91 Å². The second-order valence-corrected chi connectivity index (χ2v) is 8.18. The van der Waals surface area contributed by atoms with Crippen molar-refractivity contribution >= 4 is 17.2 Å². The zero-order valence-corrected chi connectivity index (χ0v) is 15.8. The number of nitrogens with one attached hydrogen (secondary N) is 3. The first-order valence-corrected chi connectivity index (χ1v) is 10.1. The van der Waals surface area contributed by atoms with Crippen LogP contribution in [0.25, 0.3) is 5.57 Å². The molecule has 1 aromatic rings. The summed E-state index contributed by atoms with van der Waals surface area (Å²) in [6.07, 6.45) is 5.23. The molecule has 6 heteroatoms. The maximum Gasteiger partial charge on any atom is 0.244 e. The number of amides is 1. The van der Waals surface area contributed by atoms with E-state index >= 15 is 0 Å². The van der Waals surface area contributed by atoms with Crippen LogP contribution < -0.4 is 16.1 Å². The van der Waals surface area contributed by atoms with E-state index in [2.05, 4.69) is 40.3 Å². The summed E-state index contributed by atoms with van der Waals surface area (Å²) in [6, 6.07) is 7.19. The molecular weight excluding hydrogens is 340 g/mol. The maximum atomic E-state index is 13.0. The Morgan fingerprint density at radius 1 is 1.26 bits per heavy atom. The number of hydrogen-bond donors (Lipinski definition) is 3. The molecule has 1 amide bonds. The van der Waals surface area contributed by atoms with E-state index in [9.17, 15) is 4.79 Å². The Morgan fingerprint density at radius 3 is 2.96 bits per heavy atom. The number of carbonyl (C=O) groups is 1. The van der Waals surface area contributed by atoms with Crippen molar-refractivity contribution in [3.05, 3.63) is 35.4 Å². The normalized spacial score (nSPS) is 29.4. The van der Waals surface area contributed by atoms with Gasteiger partial charge in [0, 0.05) is 57.0 Å². The first kappa shape index (κ1) is 17.2. The molecule has 1 saturated heterocycles. The van der Waals surface area contributed by atoms with Crippen LogP contribution in [0.3, 0.4) is 0 Å². The van der Waals surface area contributed by atoms with Gasteiger partial charge >= 0.3 is 0 Å². The van der Waals surface area contributed by atoms with Gasteiger partial charge in [-0.2, -0.15) is 0 Å². The Hall–Kier alpha value is -1.89. The van der Waals surface area contributed by atoms with Crippen LogP contribution in [-0.4, -0.2) is 56.4 Å². The molecule has 6 nitrogen and oxygen atoms in total. The SMILES string of the molecule is CN(NC1CCOCC1)C(=O)[C@@H]1C=C2c3cccc4c3C(CN4)C[C@H]2NC1. The lowest BCUT2D eigenvalue weighted by Crippen LogP contribution is -2.52. The fourth-order valence-electron chi connectivity index (χ4n) is 5.06. The van der Waals surface area contributed by atoms with Gasteiger partial charge in [-0.15, -0.1) is 0 Å². The third-order valence-corrected chi connectivity index (χ3v) is 6.47. The third-order valence-electron chi connectivity index (χ3n) is 6.47. The van der Waals surface area contributed by atoms with Gasteiger partial charge in [0.05, 0.1) is 5.92 Å². The van der Waals surface area contributed by atoms with Gasteiger partial charge in [0.1, 0.15) is 0 Å². The lowest BCUT2D eigenvalue weighted by molar-refractivity contribution is -0.136. The number of nitrogens with zero attached hydrogens (tertiary/aromatic N) is 1. The highest BCUT2D eigenvalue weighted by molar-refractivity contribution is 5.87. The first-order valence-electron chi connectivity index (χ1n) is 10.1. The standard InChI is InChI=1S/C21H28N4O2/c1-25(24-15-5-7-27-8-6-15)21(26)14-9-17-16-3-2-4-18-20(16)13(11-22-18)10-19(17)23-12-14/h2-4,9,13-15,19,22-24H,5-8,10-12H2,1H3/t13?,14-,19-/m1/s1. The molecule has 1 fully saturated rings. The molecule has 3 N–H and O–H groups in total. The van der Waals surface area contributed by atoms with Gasteiger partial charge in [0.15, 0.2) is 0 Å². The molecule has 1 aromatic carbocycles. The molecule has 0 spiro atoms. The maximum absolute atomic E-state index is 13.0. The van der Waals surface area contributed by atoms with Gasteiger partial charge < -0.3 is 15.4 Å². The first-order chi connectivity index (χ1) is 13.2. The van der Waals surface area contributed by atoms with Crippen LogP contribution in [0.1, 0.15) is 36.3 Å². The molecule has 1 unspecified atom stereocenters. The fourth-order valence-corrected chi connectivity index (χ4v) is 5.06. The second-order valence-electron chi connectivity index (χ2n) is 8.18. The summed E-state index contributed by atoms with van der Waals surface area (Å²) in [4.78, 5) is 13.0. The van der Waals surface area contributed by atoms with Crippen LogP contribution in [0.15, 0.2) is 24.3 Å². The minimum absolute atomic E-state index is 0.129. The van der Waals surface area contributed by atoms with Gasteiger partial charge in [-0.1, -0.05) is 18.2 Å². The van der Waals surface area contributed by atoms with Crippen LogP contribution in [0.5, 0.6) is 0 Å². The van der Waals surface area contributed by atoms with Crippen LogP contribution >= 0.6 is 0 Å². The quantitative estimate of drug-likeness (QED) is 0.709. The molecule has 1 aliphatic carbocycles. The summed E-state index contributed by atoms with van der Waals surface area (Å²) >= 11 is 0. The summed E-state index contributed by atoms with van der Waals surface area (Å²) in [5.41, 5.74) is 8.71. The molecule has 0 saturated carbocycles. The molecule has 0 aromatic heterocycles. The van der Waals surface area contributed by atoms with E-state index in [1.165, 1.54) is 22.4 Å². The highest BCUT2D eigenvalue weighted by atomic mass is 16.5. The van der Waals surface area contributed by atoms with Crippen molar-refractivity contribution in [3.8, 4) is 0 Å². The Kier molecular flexibility index (Phi) is 4.42. The molecule has 144 valence electrons. The summed E-state index contributed by atoms with van der Waals surface area (Å²) in [5.74, 6) is 0.582. The summed E-state index contributed by atoms with van der Waals surface area (Å²) in [5, 5.41) is 8.88. The number of carbonyl (C=O) groups excluding carboxylic acids is 1. The highest BCUT2D eigenvalue weighted by Crippen LogP contribution is 2.46. The Labute approximate surface area is 160 Å². The van der Waals surface area contributed by atoms with Crippen LogP contribution in [-0.2, 0) is 9.53 Å². The third kappa shape index (κ3) is 3.06. The number of hydrazine groups is 1. The lowest BCUT2D eigenvalue weighted by atomic mass is 9.75. The fraction of sp³-hybridized carbons (Fsp3) is 0.571. The van der Waals surface area contributed by atoms with Crippen molar-refractivity contribution in [1.29, 1.82) is 0 Å². The van der Waals surface area contributed by atoms with E-state index in [-0.39, 0.29) is 11.8 Å². The van der Waals surface area contributed by atoms with E-state index in [1.807, 2.05) is 7.05 Å². The average molecular weight is 368 g/mol. The lowest BCUT2D eigenvalue weighted by Gasteiger charge is -2.38. The van der Waals surface area contributed by atoms with Crippen molar-refractivity contribution in [2.45, 2.75) is 37.3 Å². The van der Waals surface area contributed by atoms with Crippen molar-refractivity contribution in [2.75, 3.05) is 38.7 Å². The minimum atomic E-state index is -0.129. The van der Waals surface area contributed by atoms with Crippen molar-refractivity contribution < 1.29 is 9.53 Å². The Morgan fingerprint density at radius 2 is 2.11 bits per heavy atom. The molecule has 0 bridgehead atoms. The summed E-state index contributed by atoms with van der Waals surface area (Å²) in [6.45, 7) is 3.27. The predicted molar refractivity (Wildman–Crippen MR) is 105 cm³/mol. The second kappa shape index (κ2) is 6.93. The van der Waals surface area contributed by atoms with Gasteiger partial charge in [-0.05, 0) is 42.0 Å². The van der Waals surface area contributed by atoms with E-state index < -0.39 is 0 Å². The smallest absolute Gasteiger partial charge is 0.244 e. The number of fused-ring (bicyclic) bond motifs is 2.